The fraction of sp³-hybridized carbons (Fsp3) is 0.400. The van der Waals surface area contributed by atoms with Crippen LogP contribution in [0.4, 0.5) is 0 Å². The number of amides is 1. The smallest absolute Gasteiger partial charge is 0.220 e. The standard InChI is InChI=1S/C15H19N7O/c1-10-5-6-12-13(8-10)19-15(18-12)11(2)17-14(23)4-3-7-22-9-16-20-21-22/h5-6,8-9,11H,3-4,7H2,1-2H3,(H,17,23)(H,18,19)/t11-/m0/s1. The fourth-order valence-electron chi connectivity index (χ4n) is 2.41. The maximum Gasteiger partial charge on any atom is 0.220 e. The number of tetrazole rings is 1. The lowest BCUT2D eigenvalue weighted by Gasteiger charge is -2.11. The van der Waals surface area contributed by atoms with Gasteiger partial charge in [-0.1, -0.05) is 6.07 Å². The van der Waals surface area contributed by atoms with E-state index in [1.807, 2.05) is 32.0 Å². The zero-order valence-corrected chi connectivity index (χ0v) is 13.2. The van der Waals surface area contributed by atoms with E-state index >= 15 is 0 Å². The maximum absolute atomic E-state index is 12.0. The van der Waals surface area contributed by atoms with Gasteiger partial charge >= 0.3 is 0 Å². The zero-order chi connectivity index (χ0) is 16.2. The Bertz CT molecular complexity index is 793. The normalized spacial score (nSPS) is 12.4. The molecular formula is C15H19N7O. The molecule has 0 aliphatic rings. The minimum Gasteiger partial charge on any atom is -0.346 e. The van der Waals surface area contributed by atoms with Crippen molar-refractivity contribution in [2.75, 3.05) is 0 Å². The number of fused-ring (bicyclic) bond motifs is 1. The van der Waals surface area contributed by atoms with Crippen molar-refractivity contribution < 1.29 is 4.79 Å². The number of H-pyrrole nitrogens is 1. The van der Waals surface area contributed by atoms with Crippen molar-refractivity contribution in [3.63, 3.8) is 0 Å². The maximum atomic E-state index is 12.0. The topological polar surface area (TPSA) is 101 Å². The number of hydrogen-bond donors (Lipinski definition) is 2. The summed E-state index contributed by atoms with van der Waals surface area (Å²) in [4.78, 5) is 19.8. The van der Waals surface area contributed by atoms with E-state index in [4.69, 9.17) is 0 Å². The Morgan fingerprint density at radius 2 is 2.30 bits per heavy atom. The van der Waals surface area contributed by atoms with Crippen LogP contribution in [0, 0.1) is 6.92 Å². The SMILES string of the molecule is Cc1ccc2nc([C@H](C)NC(=O)CCCn3cnnn3)[nH]c2c1. The van der Waals surface area contributed by atoms with Crippen LogP contribution in [0.2, 0.25) is 0 Å². The van der Waals surface area contributed by atoms with Gasteiger partial charge in [-0.3, -0.25) is 4.79 Å². The summed E-state index contributed by atoms with van der Waals surface area (Å²) in [5.74, 6) is 0.752. The van der Waals surface area contributed by atoms with Crippen molar-refractivity contribution in [2.45, 2.75) is 39.3 Å². The second-order valence-electron chi connectivity index (χ2n) is 5.61. The highest BCUT2D eigenvalue weighted by Crippen LogP contribution is 2.17. The minimum atomic E-state index is -0.164. The van der Waals surface area contributed by atoms with E-state index in [-0.39, 0.29) is 11.9 Å². The van der Waals surface area contributed by atoms with Gasteiger partial charge in [0.2, 0.25) is 5.91 Å². The summed E-state index contributed by atoms with van der Waals surface area (Å²) in [5, 5.41) is 13.8. The molecule has 3 aromatic rings. The first-order valence-corrected chi connectivity index (χ1v) is 7.58. The molecule has 2 heterocycles. The molecule has 0 bridgehead atoms. The third-order valence-electron chi connectivity index (χ3n) is 3.63. The molecule has 1 aromatic carbocycles. The fourth-order valence-corrected chi connectivity index (χ4v) is 2.41. The van der Waals surface area contributed by atoms with Gasteiger partial charge in [-0.05, 0) is 48.4 Å². The average molecular weight is 313 g/mol. The molecule has 0 aliphatic carbocycles. The molecule has 0 saturated heterocycles. The van der Waals surface area contributed by atoms with Crippen LogP contribution in [0.25, 0.3) is 11.0 Å². The number of nitrogens with zero attached hydrogens (tertiary/aromatic N) is 5. The van der Waals surface area contributed by atoms with Crippen LogP contribution in [0.15, 0.2) is 24.5 Å². The molecule has 0 radical (unpaired) electrons. The number of imidazole rings is 1. The van der Waals surface area contributed by atoms with Crippen molar-refractivity contribution in [2.24, 2.45) is 0 Å². The van der Waals surface area contributed by atoms with E-state index in [2.05, 4.69) is 30.8 Å². The molecule has 0 saturated carbocycles. The number of aromatic amines is 1. The lowest BCUT2D eigenvalue weighted by atomic mass is 10.2. The Hall–Kier alpha value is -2.77. The van der Waals surface area contributed by atoms with Crippen LogP contribution in [0.1, 0.15) is 37.2 Å². The molecule has 8 heteroatoms. The quantitative estimate of drug-likeness (QED) is 0.718. The number of carbonyl (C=O) groups excluding carboxylic acids is 1. The summed E-state index contributed by atoms with van der Waals surface area (Å²) in [6, 6.07) is 5.89. The molecule has 0 unspecified atom stereocenters. The Morgan fingerprint density at radius 3 is 3.09 bits per heavy atom. The summed E-state index contributed by atoms with van der Waals surface area (Å²) in [6.07, 6.45) is 2.64. The monoisotopic (exact) mass is 313 g/mol. The summed E-state index contributed by atoms with van der Waals surface area (Å²) in [7, 11) is 0. The average Bonchev–Trinajstić information content (AvgIpc) is 3.15. The predicted octanol–water partition coefficient (Wildman–Crippen LogP) is 1.52. The highest BCUT2D eigenvalue weighted by atomic mass is 16.1. The van der Waals surface area contributed by atoms with Crippen LogP contribution in [-0.4, -0.2) is 36.1 Å². The van der Waals surface area contributed by atoms with Gasteiger partial charge in [0.1, 0.15) is 12.2 Å². The van der Waals surface area contributed by atoms with Crippen molar-refractivity contribution in [3.05, 3.63) is 35.9 Å². The van der Waals surface area contributed by atoms with E-state index in [1.54, 1.807) is 4.68 Å². The number of rotatable bonds is 6. The summed E-state index contributed by atoms with van der Waals surface area (Å²) >= 11 is 0. The van der Waals surface area contributed by atoms with E-state index in [1.165, 1.54) is 11.9 Å². The van der Waals surface area contributed by atoms with Crippen molar-refractivity contribution in [3.8, 4) is 0 Å². The van der Waals surface area contributed by atoms with Gasteiger partial charge in [0.25, 0.3) is 0 Å². The van der Waals surface area contributed by atoms with Crippen LogP contribution >= 0.6 is 0 Å². The highest BCUT2D eigenvalue weighted by Gasteiger charge is 2.13. The third kappa shape index (κ3) is 3.71. The van der Waals surface area contributed by atoms with Gasteiger partial charge in [0.15, 0.2) is 0 Å². The number of carbonyl (C=O) groups is 1. The second kappa shape index (κ2) is 6.55. The molecular weight excluding hydrogens is 294 g/mol. The predicted molar refractivity (Wildman–Crippen MR) is 84.4 cm³/mol. The van der Waals surface area contributed by atoms with Gasteiger partial charge in [-0.25, -0.2) is 9.67 Å². The molecule has 1 amide bonds. The molecule has 2 N–H and O–H groups in total. The lowest BCUT2D eigenvalue weighted by molar-refractivity contribution is -0.121. The molecule has 3 rings (SSSR count). The number of benzene rings is 1. The first-order chi connectivity index (χ1) is 11.1. The Kier molecular flexibility index (Phi) is 4.31. The van der Waals surface area contributed by atoms with E-state index < -0.39 is 0 Å². The number of nitrogens with one attached hydrogen (secondary N) is 2. The molecule has 23 heavy (non-hydrogen) atoms. The highest BCUT2D eigenvalue weighted by molar-refractivity contribution is 5.77. The summed E-state index contributed by atoms with van der Waals surface area (Å²) < 4.78 is 1.61. The van der Waals surface area contributed by atoms with Crippen LogP contribution in [-0.2, 0) is 11.3 Å². The van der Waals surface area contributed by atoms with Crippen LogP contribution in [0.3, 0.4) is 0 Å². The van der Waals surface area contributed by atoms with E-state index in [0.29, 0.717) is 19.4 Å². The Balaban J connectivity index is 1.54. The van der Waals surface area contributed by atoms with E-state index in [0.717, 1.165) is 16.9 Å². The molecule has 8 nitrogen and oxygen atoms in total. The molecule has 2 aromatic heterocycles. The van der Waals surface area contributed by atoms with Gasteiger partial charge in [0, 0.05) is 13.0 Å². The number of aromatic nitrogens is 6. The van der Waals surface area contributed by atoms with Gasteiger partial charge < -0.3 is 10.3 Å². The molecule has 120 valence electrons. The van der Waals surface area contributed by atoms with Crippen LogP contribution < -0.4 is 5.32 Å². The summed E-state index contributed by atoms with van der Waals surface area (Å²) in [6.45, 7) is 4.58. The Labute approximate surface area is 133 Å². The third-order valence-corrected chi connectivity index (χ3v) is 3.63. The summed E-state index contributed by atoms with van der Waals surface area (Å²) in [5.41, 5.74) is 3.07. The molecule has 0 fully saturated rings. The minimum absolute atomic E-state index is 0.0118. The van der Waals surface area contributed by atoms with E-state index in [9.17, 15) is 4.79 Å². The Morgan fingerprint density at radius 1 is 1.43 bits per heavy atom. The molecule has 1 atom stereocenters. The van der Waals surface area contributed by atoms with Gasteiger partial charge in [0.05, 0.1) is 17.1 Å². The van der Waals surface area contributed by atoms with Crippen molar-refractivity contribution in [1.29, 1.82) is 0 Å². The van der Waals surface area contributed by atoms with Crippen LogP contribution in [0.5, 0.6) is 0 Å². The van der Waals surface area contributed by atoms with Crippen molar-refractivity contribution in [1.82, 2.24) is 35.5 Å². The molecule has 0 spiro atoms. The number of aryl methyl sites for hydroxylation is 2. The first-order valence-electron chi connectivity index (χ1n) is 7.58. The largest absolute Gasteiger partial charge is 0.346 e. The first kappa shape index (κ1) is 15.1. The van der Waals surface area contributed by atoms with Gasteiger partial charge in [-0.2, -0.15) is 0 Å². The zero-order valence-electron chi connectivity index (χ0n) is 13.2. The van der Waals surface area contributed by atoms with Crippen molar-refractivity contribution >= 4 is 16.9 Å². The lowest BCUT2D eigenvalue weighted by Crippen LogP contribution is -2.27. The van der Waals surface area contributed by atoms with Gasteiger partial charge in [-0.15, -0.1) is 5.10 Å². The molecule has 0 aliphatic heterocycles. The number of hydrogen-bond acceptors (Lipinski definition) is 5. The second-order valence-corrected chi connectivity index (χ2v) is 5.61.